The molecule has 2 aromatic rings. The van der Waals surface area contributed by atoms with E-state index in [1.807, 2.05) is 0 Å². The summed E-state index contributed by atoms with van der Waals surface area (Å²) in [5.41, 5.74) is -1.21. The molecule has 206 valence electrons. The number of hydrogen-bond acceptors (Lipinski definition) is 4. The Bertz CT molecular complexity index is 1370. The van der Waals surface area contributed by atoms with Gasteiger partial charge >= 0.3 is 0 Å². The SMILES string of the molecule is Cc1cc(F)cc(-c2cccc(C[C@H]3[C@@H](NS(=N)(=O)C4(F)CC4)CCN3C(=O)C3(O)CC(F)(F)C3)c2F)c1. The minimum Gasteiger partial charge on any atom is -0.380 e. The zero-order chi connectivity index (χ0) is 27.7. The van der Waals surface area contributed by atoms with Crippen molar-refractivity contribution in [3.63, 3.8) is 0 Å². The van der Waals surface area contributed by atoms with E-state index in [4.69, 9.17) is 4.78 Å². The van der Waals surface area contributed by atoms with E-state index in [2.05, 4.69) is 4.72 Å². The Morgan fingerprint density at radius 2 is 1.87 bits per heavy atom. The number of alkyl halides is 3. The third-order valence-electron chi connectivity index (χ3n) is 7.64. The quantitative estimate of drug-likeness (QED) is 0.434. The van der Waals surface area contributed by atoms with Crippen molar-refractivity contribution in [2.75, 3.05) is 6.54 Å². The number of nitrogens with zero attached hydrogens (tertiary/aromatic N) is 1. The number of rotatable bonds is 7. The van der Waals surface area contributed by atoms with Crippen LogP contribution in [0.25, 0.3) is 11.1 Å². The van der Waals surface area contributed by atoms with Crippen LogP contribution >= 0.6 is 0 Å². The minimum atomic E-state index is -3.93. The van der Waals surface area contributed by atoms with Crippen LogP contribution < -0.4 is 4.72 Å². The molecular formula is C26H28F5N3O3S. The van der Waals surface area contributed by atoms with Gasteiger partial charge in [-0.25, -0.2) is 35.7 Å². The number of nitrogens with one attached hydrogen (secondary N) is 2. The van der Waals surface area contributed by atoms with Crippen molar-refractivity contribution in [1.82, 2.24) is 9.62 Å². The summed E-state index contributed by atoms with van der Waals surface area (Å²) in [6.45, 7) is 1.62. The van der Waals surface area contributed by atoms with Crippen LogP contribution in [0.15, 0.2) is 36.4 Å². The van der Waals surface area contributed by atoms with Gasteiger partial charge in [-0.3, -0.25) is 4.79 Å². The molecule has 1 amide bonds. The van der Waals surface area contributed by atoms with E-state index in [0.29, 0.717) is 11.1 Å². The fraction of sp³-hybridized carbons (Fsp3) is 0.500. The fourth-order valence-electron chi connectivity index (χ4n) is 5.50. The van der Waals surface area contributed by atoms with Gasteiger partial charge in [-0.15, -0.1) is 0 Å². The number of hydrogen-bond donors (Lipinski definition) is 3. The van der Waals surface area contributed by atoms with Crippen molar-refractivity contribution >= 4 is 15.8 Å². The van der Waals surface area contributed by atoms with E-state index in [1.54, 1.807) is 19.1 Å². The van der Waals surface area contributed by atoms with Gasteiger partial charge in [0.05, 0.1) is 6.04 Å². The molecule has 0 aromatic heterocycles. The Morgan fingerprint density at radius 3 is 2.47 bits per heavy atom. The summed E-state index contributed by atoms with van der Waals surface area (Å²) in [6.07, 6.45) is -2.31. The number of carbonyl (C=O) groups is 1. The van der Waals surface area contributed by atoms with Gasteiger partial charge in [0.25, 0.3) is 11.8 Å². The summed E-state index contributed by atoms with van der Waals surface area (Å²) in [6, 6.07) is 6.64. The standard InChI is InChI=1S/C26H28F5N3O3S/c1-15-9-17(11-18(27)10-15)19-4-2-3-16(22(19)28)12-21-20(33-38(32,37)26(31)6-7-26)5-8-34(21)23(35)24(36)13-25(29,30)14-24/h2-4,9-11,20-21,36H,5-8,12-14H2,1H3,(H2,32,33,37)/t20-,21-,38?/m0/s1. The normalized spacial score (nSPS) is 26.4. The number of benzene rings is 2. The molecule has 3 N–H and O–H groups in total. The summed E-state index contributed by atoms with van der Waals surface area (Å²) < 4.78 is 94.9. The van der Waals surface area contributed by atoms with Crippen LogP contribution in [0.2, 0.25) is 0 Å². The third kappa shape index (κ3) is 4.82. The lowest BCUT2D eigenvalue weighted by Gasteiger charge is -2.44. The van der Waals surface area contributed by atoms with Crippen LogP contribution in [0.5, 0.6) is 0 Å². The number of aryl methyl sites for hydroxylation is 1. The summed E-state index contributed by atoms with van der Waals surface area (Å²) in [5.74, 6) is -5.39. The molecule has 0 spiro atoms. The van der Waals surface area contributed by atoms with Gasteiger partial charge in [-0.05, 0) is 61.4 Å². The number of aliphatic hydroxyl groups is 1. The van der Waals surface area contributed by atoms with Gasteiger partial charge in [0, 0.05) is 31.0 Å². The molecular weight excluding hydrogens is 529 g/mol. The molecule has 3 aliphatic rings. The van der Waals surface area contributed by atoms with E-state index in [9.17, 15) is 31.7 Å². The summed E-state index contributed by atoms with van der Waals surface area (Å²) in [4.78, 5) is 14.3. The van der Waals surface area contributed by atoms with Crippen molar-refractivity contribution < 1.29 is 36.1 Å². The number of likely N-dealkylation sites (tertiary alicyclic amines) is 1. The molecule has 1 saturated heterocycles. The van der Waals surface area contributed by atoms with E-state index in [0.717, 1.165) is 4.90 Å². The van der Waals surface area contributed by atoms with Gasteiger partial charge in [0.15, 0.2) is 5.60 Å². The van der Waals surface area contributed by atoms with E-state index in [-0.39, 0.29) is 43.4 Å². The van der Waals surface area contributed by atoms with Crippen LogP contribution in [-0.2, 0) is 21.1 Å². The second-order valence-electron chi connectivity index (χ2n) is 10.8. The predicted octanol–water partition coefficient (Wildman–Crippen LogP) is 4.62. The number of halogens is 5. The van der Waals surface area contributed by atoms with Gasteiger partial charge in [-0.1, -0.05) is 24.3 Å². The average molecular weight is 558 g/mol. The molecule has 12 heteroatoms. The molecule has 38 heavy (non-hydrogen) atoms. The first-order valence-electron chi connectivity index (χ1n) is 12.3. The first-order chi connectivity index (χ1) is 17.6. The minimum absolute atomic E-state index is 0.0474. The molecule has 1 heterocycles. The largest absolute Gasteiger partial charge is 0.380 e. The molecule has 0 bridgehead atoms. The van der Waals surface area contributed by atoms with E-state index in [1.165, 1.54) is 24.3 Å². The smallest absolute Gasteiger partial charge is 0.255 e. The lowest BCUT2D eigenvalue weighted by molar-refractivity contribution is -0.215. The summed E-state index contributed by atoms with van der Waals surface area (Å²) in [5, 5.41) is 8.36. The molecule has 1 unspecified atom stereocenters. The second kappa shape index (κ2) is 8.99. The monoisotopic (exact) mass is 557 g/mol. The topological polar surface area (TPSA) is 93.5 Å². The lowest BCUT2D eigenvalue weighted by atomic mass is 9.75. The van der Waals surface area contributed by atoms with Crippen LogP contribution in [0.1, 0.15) is 43.2 Å². The zero-order valence-corrected chi connectivity index (χ0v) is 21.4. The Kier molecular flexibility index (Phi) is 6.39. The van der Waals surface area contributed by atoms with E-state index >= 15 is 4.39 Å². The second-order valence-corrected chi connectivity index (χ2v) is 12.8. The highest BCUT2D eigenvalue weighted by Gasteiger charge is 2.62. The molecule has 1 aliphatic heterocycles. The highest BCUT2D eigenvalue weighted by Crippen LogP contribution is 2.48. The molecule has 3 fully saturated rings. The van der Waals surface area contributed by atoms with Crippen LogP contribution in [0.4, 0.5) is 22.0 Å². The Labute approximate surface area is 217 Å². The predicted molar refractivity (Wildman–Crippen MR) is 130 cm³/mol. The molecule has 5 rings (SSSR count). The van der Waals surface area contributed by atoms with Gasteiger partial charge in [0.1, 0.15) is 21.5 Å². The zero-order valence-electron chi connectivity index (χ0n) is 20.6. The molecule has 3 atom stereocenters. The Balaban J connectivity index is 1.47. The Hall–Kier alpha value is -2.57. The maximum Gasteiger partial charge on any atom is 0.255 e. The third-order valence-corrected chi connectivity index (χ3v) is 9.72. The molecule has 6 nitrogen and oxygen atoms in total. The maximum absolute atomic E-state index is 15.7. The lowest BCUT2D eigenvalue weighted by Crippen LogP contribution is -2.63. The first-order valence-corrected chi connectivity index (χ1v) is 13.9. The molecule has 0 radical (unpaired) electrons. The van der Waals surface area contributed by atoms with Crippen LogP contribution in [-0.4, -0.2) is 55.3 Å². The highest BCUT2D eigenvalue weighted by atomic mass is 32.2. The Morgan fingerprint density at radius 1 is 1.18 bits per heavy atom. The highest BCUT2D eigenvalue weighted by molar-refractivity contribution is 7.92. The van der Waals surface area contributed by atoms with Gasteiger partial charge in [-0.2, -0.15) is 0 Å². The summed E-state index contributed by atoms with van der Waals surface area (Å²) >= 11 is 0. The van der Waals surface area contributed by atoms with Crippen molar-refractivity contribution in [2.45, 2.75) is 74.1 Å². The van der Waals surface area contributed by atoms with Gasteiger partial charge < -0.3 is 10.0 Å². The maximum atomic E-state index is 15.7. The number of amides is 1. The van der Waals surface area contributed by atoms with Crippen LogP contribution in [0, 0.1) is 23.3 Å². The molecule has 2 aliphatic carbocycles. The van der Waals surface area contributed by atoms with Crippen molar-refractivity contribution in [2.24, 2.45) is 0 Å². The molecule has 2 aromatic carbocycles. The number of carbonyl (C=O) groups excluding carboxylic acids is 1. The summed E-state index contributed by atoms with van der Waals surface area (Å²) in [7, 11) is -3.93. The van der Waals surface area contributed by atoms with Crippen molar-refractivity contribution in [1.29, 1.82) is 4.78 Å². The first kappa shape index (κ1) is 27.0. The van der Waals surface area contributed by atoms with Crippen molar-refractivity contribution in [3.8, 4) is 11.1 Å². The van der Waals surface area contributed by atoms with E-state index < -0.39 is 68.9 Å². The van der Waals surface area contributed by atoms with Crippen LogP contribution in [0.3, 0.4) is 0 Å². The molecule has 2 saturated carbocycles. The fourth-order valence-corrected chi connectivity index (χ4v) is 7.09. The van der Waals surface area contributed by atoms with Gasteiger partial charge in [0.2, 0.25) is 5.00 Å². The average Bonchev–Trinajstić information content (AvgIpc) is 3.45. The van der Waals surface area contributed by atoms with Crippen molar-refractivity contribution in [3.05, 3.63) is 59.2 Å².